The summed E-state index contributed by atoms with van der Waals surface area (Å²) in [5, 5.41) is 9.42. The summed E-state index contributed by atoms with van der Waals surface area (Å²) in [4.78, 5) is 6.91. The molecule has 0 bridgehead atoms. The van der Waals surface area contributed by atoms with Crippen LogP contribution in [0.5, 0.6) is 0 Å². The van der Waals surface area contributed by atoms with Crippen LogP contribution in [0.25, 0.3) is 5.69 Å². The highest BCUT2D eigenvalue weighted by Crippen LogP contribution is 2.28. The van der Waals surface area contributed by atoms with E-state index >= 15 is 0 Å². The Morgan fingerprint density at radius 2 is 1.80 bits per heavy atom. The Labute approximate surface area is 180 Å². The molecule has 2 heterocycles. The van der Waals surface area contributed by atoms with E-state index in [0.29, 0.717) is 24.4 Å². The third-order valence-electron chi connectivity index (χ3n) is 4.14. The van der Waals surface area contributed by atoms with Crippen molar-refractivity contribution in [1.29, 1.82) is 0 Å². The van der Waals surface area contributed by atoms with Crippen molar-refractivity contribution in [2.45, 2.75) is 13.1 Å². The van der Waals surface area contributed by atoms with Crippen molar-refractivity contribution in [3.63, 3.8) is 0 Å². The van der Waals surface area contributed by atoms with Crippen LogP contribution >= 0.6 is 11.6 Å². The Hall–Kier alpha value is -2.59. The van der Waals surface area contributed by atoms with Crippen LogP contribution in [0.4, 0.5) is 0 Å². The lowest BCUT2D eigenvalue weighted by molar-refractivity contribution is 0.387. The molecule has 3 aromatic rings. The van der Waals surface area contributed by atoms with Gasteiger partial charge in [-0.3, -0.25) is 14.1 Å². The minimum absolute atomic E-state index is 0.483. The summed E-state index contributed by atoms with van der Waals surface area (Å²) in [5.74, 6) is 1.74. The molecular weight excluding hydrogens is 426 g/mol. The molecule has 0 atom stereocenters. The van der Waals surface area contributed by atoms with E-state index in [1.807, 2.05) is 50.5 Å². The summed E-state index contributed by atoms with van der Waals surface area (Å²) in [6.45, 7) is 1.19. The van der Waals surface area contributed by atoms with Crippen LogP contribution in [0.1, 0.15) is 22.8 Å². The smallest absolute Gasteiger partial charge is 0.261 e. The van der Waals surface area contributed by atoms with E-state index in [1.165, 1.54) is 0 Å². The molecule has 0 radical (unpaired) electrons. The largest absolute Gasteiger partial charge is 0.302 e. The van der Waals surface area contributed by atoms with Crippen LogP contribution < -0.4 is 0 Å². The molecule has 4 rings (SSSR count). The second kappa shape index (κ2) is 9.05. The van der Waals surface area contributed by atoms with Crippen LogP contribution in [-0.4, -0.2) is 58.7 Å². The molecular formula is C20H22ClN5O3S. The SMILES string of the molecule is CN(C)Cc1nnc2n1-c1ccc(Cl)cc1C(c1ccccc1)=NC2.CS(=O)(=O)O. The van der Waals surface area contributed by atoms with Gasteiger partial charge in [0.2, 0.25) is 0 Å². The van der Waals surface area contributed by atoms with Gasteiger partial charge in [-0.15, -0.1) is 10.2 Å². The zero-order valence-corrected chi connectivity index (χ0v) is 18.4. The van der Waals surface area contributed by atoms with Gasteiger partial charge in [-0.05, 0) is 32.3 Å². The number of aromatic nitrogens is 3. The van der Waals surface area contributed by atoms with Gasteiger partial charge in [-0.25, -0.2) is 0 Å². The van der Waals surface area contributed by atoms with E-state index in [4.69, 9.17) is 21.1 Å². The van der Waals surface area contributed by atoms with Gasteiger partial charge >= 0.3 is 0 Å². The summed E-state index contributed by atoms with van der Waals surface area (Å²) in [6.07, 6.45) is 0.715. The molecule has 0 saturated carbocycles. The van der Waals surface area contributed by atoms with Gasteiger partial charge in [-0.1, -0.05) is 41.9 Å². The minimum Gasteiger partial charge on any atom is -0.302 e. The van der Waals surface area contributed by atoms with E-state index in [0.717, 1.165) is 34.2 Å². The predicted molar refractivity (Wildman–Crippen MR) is 117 cm³/mol. The van der Waals surface area contributed by atoms with Gasteiger partial charge in [0.25, 0.3) is 10.1 Å². The van der Waals surface area contributed by atoms with Crippen molar-refractivity contribution < 1.29 is 13.0 Å². The maximum absolute atomic E-state index is 9.19. The summed E-state index contributed by atoms with van der Waals surface area (Å²) < 4.78 is 28.0. The molecule has 1 aliphatic heterocycles. The standard InChI is InChI=1S/C19H18ClN5.CH4O3S/c1-24(2)12-18-23-22-17-11-21-19(13-6-4-3-5-7-13)15-10-14(20)8-9-16(15)25(17)18;1-5(2,3)4/h3-10H,11-12H2,1-2H3;1H3,(H,2,3,4). The predicted octanol–water partition coefficient (Wildman–Crippen LogP) is 2.84. The maximum atomic E-state index is 9.19. The van der Waals surface area contributed by atoms with Crippen molar-refractivity contribution >= 4 is 27.4 Å². The van der Waals surface area contributed by atoms with Crippen LogP contribution in [0, 0.1) is 0 Å². The Bertz CT molecular complexity index is 1170. The van der Waals surface area contributed by atoms with Crippen molar-refractivity contribution in [2.24, 2.45) is 4.99 Å². The zero-order chi connectivity index (χ0) is 21.9. The minimum atomic E-state index is -3.67. The van der Waals surface area contributed by atoms with E-state index in [1.54, 1.807) is 0 Å². The topological polar surface area (TPSA) is 101 Å². The highest BCUT2D eigenvalue weighted by atomic mass is 35.5. The Morgan fingerprint density at radius 3 is 2.43 bits per heavy atom. The fourth-order valence-electron chi connectivity index (χ4n) is 3.09. The van der Waals surface area contributed by atoms with E-state index < -0.39 is 10.1 Å². The lowest BCUT2D eigenvalue weighted by atomic mass is 10.0. The molecule has 0 saturated heterocycles. The molecule has 0 fully saturated rings. The van der Waals surface area contributed by atoms with Crippen molar-refractivity contribution in [1.82, 2.24) is 19.7 Å². The van der Waals surface area contributed by atoms with Gasteiger partial charge < -0.3 is 4.90 Å². The Balaban J connectivity index is 0.000000461. The molecule has 1 aromatic heterocycles. The third-order valence-corrected chi connectivity index (χ3v) is 4.37. The first-order valence-corrected chi connectivity index (χ1v) is 11.3. The number of aliphatic imine (C=N–C) groups is 1. The van der Waals surface area contributed by atoms with E-state index in [9.17, 15) is 8.42 Å². The Kier molecular flexibility index (Phi) is 6.67. The van der Waals surface area contributed by atoms with Crippen molar-refractivity contribution in [3.05, 3.63) is 76.3 Å². The summed E-state index contributed by atoms with van der Waals surface area (Å²) in [7, 11) is 0.375. The summed E-state index contributed by atoms with van der Waals surface area (Å²) >= 11 is 6.30. The molecule has 158 valence electrons. The summed E-state index contributed by atoms with van der Waals surface area (Å²) in [5.41, 5.74) is 4.01. The molecule has 30 heavy (non-hydrogen) atoms. The molecule has 1 N–H and O–H groups in total. The van der Waals surface area contributed by atoms with Crippen LogP contribution in [0.2, 0.25) is 5.02 Å². The van der Waals surface area contributed by atoms with Crippen LogP contribution in [-0.2, 0) is 23.2 Å². The summed E-state index contributed by atoms with van der Waals surface area (Å²) in [6, 6.07) is 16.1. The molecule has 0 unspecified atom stereocenters. The highest BCUT2D eigenvalue weighted by molar-refractivity contribution is 7.85. The average molecular weight is 448 g/mol. The van der Waals surface area contributed by atoms with Gasteiger partial charge in [0, 0.05) is 16.1 Å². The first kappa shape index (κ1) is 22.1. The average Bonchev–Trinajstić information content (AvgIpc) is 2.95. The van der Waals surface area contributed by atoms with Gasteiger partial charge in [0.15, 0.2) is 11.6 Å². The maximum Gasteiger partial charge on any atom is 0.261 e. The number of rotatable bonds is 3. The molecule has 0 spiro atoms. The van der Waals surface area contributed by atoms with Crippen LogP contribution in [0.3, 0.4) is 0 Å². The zero-order valence-electron chi connectivity index (χ0n) is 16.8. The Morgan fingerprint density at radius 1 is 1.13 bits per heavy atom. The van der Waals surface area contributed by atoms with Crippen molar-refractivity contribution in [3.8, 4) is 5.69 Å². The molecule has 8 nitrogen and oxygen atoms in total. The molecule has 10 heteroatoms. The fourth-order valence-corrected chi connectivity index (χ4v) is 3.26. The molecule has 1 aliphatic rings. The molecule has 0 amide bonds. The number of hydrogen-bond donors (Lipinski definition) is 1. The fraction of sp³-hybridized carbons (Fsp3) is 0.250. The third kappa shape index (κ3) is 5.51. The normalized spacial score (nSPS) is 12.9. The number of fused-ring (bicyclic) bond motifs is 3. The monoisotopic (exact) mass is 447 g/mol. The number of nitrogens with zero attached hydrogens (tertiary/aromatic N) is 5. The lowest BCUT2D eigenvalue weighted by Gasteiger charge is -2.15. The molecule has 2 aromatic carbocycles. The second-order valence-electron chi connectivity index (χ2n) is 7.03. The number of benzene rings is 2. The van der Waals surface area contributed by atoms with Gasteiger partial charge in [0.05, 0.1) is 24.2 Å². The highest BCUT2D eigenvalue weighted by Gasteiger charge is 2.23. The van der Waals surface area contributed by atoms with Gasteiger partial charge in [-0.2, -0.15) is 8.42 Å². The van der Waals surface area contributed by atoms with Gasteiger partial charge in [0.1, 0.15) is 6.54 Å². The van der Waals surface area contributed by atoms with Crippen molar-refractivity contribution in [2.75, 3.05) is 20.4 Å². The van der Waals surface area contributed by atoms with E-state index in [-0.39, 0.29) is 0 Å². The lowest BCUT2D eigenvalue weighted by Crippen LogP contribution is -2.16. The quantitative estimate of drug-likeness (QED) is 0.619. The number of hydrogen-bond acceptors (Lipinski definition) is 6. The van der Waals surface area contributed by atoms with E-state index in [2.05, 4.69) is 31.8 Å². The van der Waals surface area contributed by atoms with Crippen LogP contribution in [0.15, 0.2) is 53.5 Å². The molecule has 0 aliphatic carbocycles. The second-order valence-corrected chi connectivity index (χ2v) is 8.93. The first-order valence-electron chi connectivity index (χ1n) is 9.04. The first-order chi connectivity index (χ1) is 14.1. The number of halogens is 1.